The van der Waals surface area contributed by atoms with Crippen LogP contribution in [0.2, 0.25) is 0 Å². The minimum atomic E-state index is -0.874. The third-order valence-electron chi connectivity index (χ3n) is 7.87. The number of hydrogen-bond acceptors (Lipinski definition) is 5. The topological polar surface area (TPSA) is 125 Å². The van der Waals surface area contributed by atoms with E-state index in [1.807, 2.05) is 6.92 Å². The molecule has 4 rings (SSSR count). The molecule has 182 valence electrons. The summed E-state index contributed by atoms with van der Waals surface area (Å²) in [7, 11) is 0. The van der Waals surface area contributed by atoms with Crippen molar-refractivity contribution in [1.82, 2.24) is 15.5 Å². The second kappa shape index (κ2) is 9.19. The first-order chi connectivity index (χ1) is 16.2. The average Bonchev–Trinajstić information content (AvgIpc) is 3.04. The maximum absolute atomic E-state index is 13.0. The molecular weight excluding hydrogens is 436 g/mol. The Balaban J connectivity index is 1.39. The van der Waals surface area contributed by atoms with Crippen molar-refractivity contribution in [1.29, 1.82) is 0 Å². The van der Waals surface area contributed by atoms with E-state index in [2.05, 4.69) is 22.9 Å². The zero-order chi connectivity index (χ0) is 24.5. The molecule has 0 bridgehead atoms. The van der Waals surface area contributed by atoms with Crippen LogP contribution in [0.15, 0.2) is 24.3 Å². The van der Waals surface area contributed by atoms with Crippen LogP contribution >= 0.6 is 0 Å². The van der Waals surface area contributed by atoms with Gasteiger partial charge in [-0.05, 0) is 62.1 Å². The Labute approximate surface area is 199 Å². The molecule has 1 atom stereocenters. The van der Waals surface area contributed by atoms with Gasteiger partial charge in [0.15, 0.2) is 0 Å². The number of amides is 6. The second-order valence-corrected chi connectivity index (χ2v) is 9.69. The van der Waals surface area contributed by atoms with Crippen molar-refractivity contribution in [3.63, 3.8) is 0 Å². The van der Waals surface area contributed by atoms with Gasteiger partial charge in [0.25, 0.3) is 5.91 Å². The highest BCUT2D eigenvalue weighted by molar-refractivity contribution is 6.10. The minimum absolute atomic E-state index is 0.265. The van der Waals surface area contributed by atoms with Gasteiger partial charge in [-0.25, -0.2) is 4.79 Å². The van der Waals surface area contributed by atoms with Crippen LogP contribution in [0.5, 0.6) is 0 Å². The van der Waals surface area contributed by atoms with E-state index in [0.29, 0.717) is 37.3 Å². The van der Waals surface area contributed by atoms with Crippen LogP contribution in [0, 0.1) is 5.92 Å². The minimum Gasteiger partial charge on any atom is -0.325 e. The van der Waals surface area contributed by atoms with Crippen molar-refractivity contribution in [2.24, 2.45) is 5.92 Å². The molecular formula is C25H32N4O5. The van der Waals surface area contributed by atoms with Crippen LogP contribution in [0.1, 0.15) is 70.8 Å². The summed E-state index contributed by atoms with van der Waals surface area (Å²) < 4.78 is 0. The summed E-state index contributed by atoms with van der Waals surface area (Å²) >= 11 is 0. The lowest BCUT2D eigenvalue weighted by Crippen LogP contribution is -2.51. The molecule has 1 aliphatic carbocycles. The maximum atomic E-state index is 13.0. The number of anilines is 1. The van der Waals surface area contributed by atoms with E-state index >= 15 is 0 Å². The third-order valence-corrected chi connectivity index (χ3v) is 7.87. The Kier molecular flexibility index (Phi) is 6.47. The molecule has 34 heavy (non-hydrogen) atoms. The van der Waals surface area contributed by atoms with Crippen LogP contribution < -0.4 is 16.0 Å². The van der Waals surface area contributed by atoms with Gasteiger partial charge in [-0.2, -0.15) is 0 Å². The predicted molar refractivity (Wildman–Crippen MR) is 125 cm³/mol. The van der Waals surface area contributed by atoms with Gasteiger partial charge >= 0.3 is 6.03 Å². The van der Waals surface area contributed by atoms with Gasteiger partial charge in [-0.15, -0.1) is 0 Å². The summed E-state index contributed by atoms with van der Waals surface area (Å²) in [6.07, 6.45) is 5.32. The molecule has 3 N–H and O–H groups in total. The van der Waals surface area contributed by atoms with E-state index in [0.717, 1.165) is 29.7 Å². The van der Waals surface area contributed by atoms with Crippen LogP contribution in [0.4, 0.5) is 10.5 Å². The first-order valence-corrected chi connectivity index (χ1v) is 12.1. The molecule has 0 radical (unpaired) electrons. The number of carbonyl (C=O) groups is 5. The van der Waals surface area contributed by atoms with Crippen molar-refractivity contribution >= 4 is 35.3 Å². The van der Waals surface area contributed by atoms with E-state index in [-0.39, 0.29) is 30.7 Å². The van der Waals surface area contributed by atoms with E-state index < -0.39 is 22.9 Å². The number of imide groups is 2. The Morgan fingerprint density at radius 2 is 1.74 bits per heavy atom. The Morgan fingerprint density at radius 1 is 1.06 bits per heavy atom. The molecule has 0 aromatic heterocycles. The normalized spacial score (nSPS) is 29.2. The summed E-state index contributed by atoms with van der Waals surface area (Å²) in [6.45, 7) is 3.69. The smallest absolute Gasteiger partial charge is 0.325 e. The zero-order valence-electron chi connectivity index (χ0n) is 19.7. The number of nitrogens with one attached hydrogen (secondary N) is 3. The molecule has 3 aliphatic rings. The van der Waals surface area contributed by atoms with Gasteiger partial charge in [0, 0.05) is 12.1 Å². The number of hydrogen-bond donors (Lipinski definition) is 3. The number of benzene rings is 1. The Bertz CT molecular complexity index is 1010. The highest BCUT2D eigenvalue weighted by Gasteiger charge is 2.52. The molecule has 9 nitrogen and oxygen atoms in total. The lowest BCUT2D eigenvalue weighted by atomic mass is 9.72. The van der Waals surface area contributed by atoms with E-state index in [1.54, 1.807) is 24.3 Å². The first-order valence-electron chi connectivity index (χ1n) is 12.1. The fraction of sp³-hybridized carbons (Fsp3) is 0.560. The number of rotatable bonds is 6. The van der Waals surface area contributed by atoms with Gasteiger partial charge in [0.2, 0.25) is 17.7 Å². The van der Waals surface area contributed by atoms with Crippen molar-refractivity contribution in [2.75, 3.05) is 11.9 Å². The van der Waals surface area contributed by atoms with Crippen LogP contribution in [-0.2, 0) is 24.6 Å². The molecule has 1 aromatic rings. The quantitative estimate of drug-likeness (QED) is 0.437. The Hall–Kier alpha value is -3.23. The summed E-state index contributed by atoms with van der Waals surface area (Å²) in [5.41, 5.74) is -0.378. The van der Waals surface area contributed by atoms with Gasteiger partial charge in [0.1, 0.15) is 12.1 Å². The lowest BCUT2D eigenvalue weighted by molar-refractivity contribution is -0.138. The molecule has 2 saturated heterocycles. The lowest BCUT2D eigenvalue weighted by Gasteiger charge is -2.35. The predicted octanol–water partition coefficient (Wildman–Crippen LogP) is 2.60. The summed E-state index contributed by atoms with van der Waals surface area (Å²) in [5, 5.41) is 7.99. The number of piperidine rings is 1. The van der Waals surface area contributed by atoms with Crippen molar-refractivity contribution in [3.8, 4) is 0 Å². The van der Waals surface area contributed by atoms with Gasteiger partial charge in [-0.3, -0.25) is 29.4 Å². The molecule has 3 fully saturated rings. The van der Waals surface area contributed by atoms with Crippen molar-refractivity contribution < 1.29 is 24.0 Å². The summed E-state index contributed by atoms with van der Waals surface area (Å²) in [5.74, 6) is -0.785. The fourth-order valence-corrected chi connectivity index (χ4v) is 5.52. The fourth-order valence-electron chi connectivity index (χ4n) is 5.52. The summed E-state index contributed by atoms with van der Waals surface area (Å²) in [6, 6.07) is 6.39. The average molecular weight is 469 g/mol. The highest BCUT2D eigenvalue weighted by Crippen LogP contribution is 2.38. The zero-order valence-corrected chi connectivity index (χ0v) is 19.7. The van der Waals surface area contributed by atoms with E-state index in [4.69, 9.17) is 0 Å². The van der Waals surface area contributed by atoms with Crippen molar-refractivity contribution in [3.05, 3.63) is 29.8 Å². The molecule has 1 saturated carbocycles. The molecule has 1 aromatic carbocycles. The monoisotopic (exact) mass is 468 g/mol. The number of nitrogens with zero attached hydrogens (tertiary/aromatic N) is 1. The molecule has 2 heterocycles. The SMILES string of the molecule is CCC1CCC2(CC1)NC(=O)N(CC(=O)Nc1ccc(C3(CC)CCC(=O)NC3=O)cc1)C2=O. The largest absolute Gasteiger partial charge is 0.325 e. The molecule has 1 spiro atoms. The van der Waals surface area contributed by atoms with Gasteiger partial charge in [0.05, 0.1) is 5.41 Å². The third kappa shape index (κ3) is 4.19. The standard InChI is InChI=1S/C25H32N4O5/c1-3-16-9-13-25(14-10-16)22(33)29(23(34)28-25)15-20(31)26-18-7-5-17(6-8-18)24(4-2)12-11-19(30)27-21(24)32/h5-8,16H,3-4,9-15H2,1-2H3,(H,26,31)(H,28,34)(H,27,30,32). The maximum Gasteiger partial charge on any atom is 0.325 e. The Morgan fingerprint density at radius 3 is 2.32 bits per heavy atom. The van der Waals surface area contributed by atoms with Gasteiger partial charge < -0.3 is 10.6 Å². The molecule has 9 heteroatoms. The number of carbonyl (C=O) groups excluding carboxylic acids is 5. The summed E-state index contributed by atoms with van der Waals surface area (Å²) in [4.78, 5) is 63.3. The highest BCUT2D eigenvalue weighted by atomic mass is 16.2. The van der Waals surface area contributed by atoms with E-state index in [1.165, 1.54) is 0 Å². The van der Waals surface area contributed by atoms with E-state index in [9.17, 15) is 24.0 Å². The first kappa shape index (κ1) is 23.9. The molecule has 2 aliphatic heterocycles. The molecule has 6 amide bonds. The van der Waals surface area contributed by atoms with Crippen LogP contribution in [0.25, 0.3) is 0 Å². The van der Waals surface area contributed by atoms with Crippen LogP contribution in [0.3, 0.4) is 0 Å². The van der Waals surface area contributed by atoms with Gasteiger partial charge in [-0.1, -0.05) is 32.4 Å². The van der Waals surface area contributed by atoms with Crippen LogP contribution in [-0.4, -0.2) is 46.6 Å². The number of urea groups is 1. The van der Waals surface area contributed by atoms with Crippen molar-refractivity contribution in [2.45, 2.75) is 76.2 Å². The second-order valence-electron chi connectivity index (χ2n) is 9.69. The molecule has 1 unspecified atom stereocenters.